The van der Waals surface area contributed by atoms with E-state index in [-0.39, 0.29) is 17.2 Å². The first kappa shape index (κ1) is 12.4. The molecule has 0 saturated heterocycles. The van der Waals surface area contributed by atoms with Crippen LogP contribution in [-0.4, -0.2) is 10.1 Å². The number of halogens is 1. The molecule has 1 aromatic heterocycles. The fourth-order valence-electron chi connectivity index (χ4n) is 1.66. The van der Waals surface area contributed by atoms with E-state index in [1.807, 2.05) is 6.07 Å². The van der Waals surface area contributed by atoms with Crippen LogP contribution in [0.4, 0.5) is 4.39 Å². The fourth-order valence-corrected chi connectivity index (χ4v) is 1.66. The van der Waals surface area contributed by atoms with E-state index in [9.17, 15) is 9.50 Å². The highest BCUT2D eigenvalue weighted by Gasteiger charge is 2.08. The zero-order valence-corrected chi connectivity index (χ0v) is 10.1. The molecule has 2 aromatic rings. The summed E-state index contributed by atoms with van der Waals surface area (Å²) in [7, 11) is 0. The van der Waals surface area contributed by atoms with Gasteiger partial charge in [0.2, 0.25) is 0 Å². The third kappa shape index (κ3) is 2.77. The topological polar surface area (TPSA) is 42.4 Å². The first-order valence-corrected chi connectivity index (χ1v) is 5.81. The van der Waals surface area contributed by atoms with Crippen LogP contribution in [0, 0.1) is 5.95 Å². The van der Waals surface area contributed by atoms with Gasteiger partial charge in [-0.2, -0.15) is 4.39 Å². The van der Waals surface area contributed by atoms with Crippen LogP contribution in [0.25, 0.3) is 0 Å². The lowest BCUT2D eigenvalue weighted by Crippen LogP contribution is -1.92. The van der Waals surface area contributed by atoms with Gasteiger partial charge in [-0.3, -0.25) is 0 Å². The van der Waals surface area contributed by atoms with Crippen LogP contribution < -0.4 is 4.74 Å². The van der Waals surface area contributed by atoms with Crippen molar-refractivity contribution in [3.63, 3.8) is 0 Å². The molecule has 0 unspecified atom stereocenters. The highest BCUT2D eigenvalue weighted by Crippen LogP contribution is 2.32. The molecule has 0 radical (unpaired) electrons. The molecule has 0 aliphatic carbocycles. The van der Waals surface area contributed by atoms with Crippen molar-refractivity contribution in [1.29, 1.82) is 0 Å². The average molecular weight is 247 g/mol. The van der Waals surface area contributed by atoms with Gasteiger partial charge in [-0.15, -0.1) is 0 Å². The van der Waals surface area contributed by atoms with Crippen LogP contribution in [-0.2, 0) is 6.42 Å². The van der Waals surface area contributed by atoms with E-state index in [4.69, 9.17) is 4.74 Å². The average Bonchev–Trinajstić information content (AvgIpc) is 2.35. The lowest BCUT2D eigenvalue weighted by molar-refractivity contribution is 0.389. The number of aromatic hydroxyl groups is 1. The molecule has 1 heterocycles. The first-order valence-electron chi connectivity index (χ1n) is 5.81. The number of aryl methyl sites for hydroxylation is 1. The van der Waals surface area contributed by atoms with E-state index in [0.29, 0.717) is 0 Å². The van der Waals surface area contributed by atoms with Gasteiger partial charge in [0.05, 0.1) is 0 Å². The third-order valence-electron chi connectivity index (χ3n) is 2.51. The van der Waals surface area contributed by atoms with Crippen LogP contribution in [0.5, 0.6) is 17.2 Å². The van der Waals surface area contributed by atoms with E-state index >= 15 is 0 Å². The molecule has 1 aromatic carbocycles. The quantitative estimate of drug-likeness (QED) is 0.838. The molecule has 1 N–H and O–H groups in total. The Morgan fingerprint density at radius 3 is 2.78 bits per heavy atom. The van der Waals surface area contributed by atoms with Crippen molar-refractivity contribution in [3.8, 4) is 17.2 Å². The highest BCUT2D eigenvalue weighted by atomic mass is 19.1. The second-order valence-electron chi connectivity index (χ2n) is 3.95. The van der Waals surface area contributed by atoms with Crippen molar-refractivity contribution in [2.45, 2.75) is 19.8 Å². The van der Waals surface area contributed by atoms with Crippen LogP contribution in [0.15, 0.2) is 36.5 Å². The van der Waals surface area contributed by atoms with Gasteiger partial charge in [0.15, 0.2) is 17.2 Å². The number of phenolic OH excluding ortho intramolecular Hbond substituents is 1. The molecule has 0 fully saturated rings. The summed E-state index contributed by atoms with van der Waals surface area (Å²) in [6, 6.07) is 8.15. The van der Waals surface area contributed by atoms with Crippen molar-refractivity contribution in [3.05, 3.63) is 48.0 Å². The second kappa shape index (κ2) is 5.49. The number of nitrogens with zero attached hydrogens (tertiary/aromatic N) is 1. The number of pyridine rings is 1. The van der Waals surface area contributed by atoms with Crippen molar-refractivity contribution in [2.75, 3.05) is 0 Å². The lowest BCUT2D eigenvalue weighted by atomic mass is 10.1. The smallest absolute Gasteiger partial charge is 0.255 e. The number of aromatic nitrogens is 1. The monoisotopic (exact) mass is 247 g/mol. The second-order valence-corrected chi connectivity index (χ2v) is 3.95. The number of rotatable bonds is 4. The Labute approximate surface area is 105 Å². The molecule has 0 spiro atoms. The number of hydrogen-bond acceptors (Lipinski definition) is 3. The molecule has 0 aliphatic rings. The molecule has 3 nitrogen and oxygen atoms in total. The van der Waals surface area contributed by atoms with E-state index < -0.39 is 5.95 Å². The van der Waals surface area contributed by atoms with Crippen LogP contribution >= 0.6 is 0 Å². The molecule has 0 aliphatic heterocycles. The van der Waals surface area contributed by atoms with Crippen molar-refractivity contribution >= 4 is 0 Å². The maximum Gasteiger partial charge on any atom is 0.255 e. The minimum Gasteiger partial charge on any atom is -0.504 e. The standard InChI is InChI=1S/C14H14FNO2/c1-2-4-10-6-7-12(11(17)9-10)18-13-5-3-8-16-14(13)15/h3,5-9,17H,2,4H2,1H3. The van der Waals surface area contributed by atoms with Crippen molar-refractivity contribution in [1.82, 2.24) is 4.98 Å². The molecule has 4 heteroatoms. The summed E-state index contributed by atoms with van der Waals surface area (Å²) in [5.74, 6) is -0.475. The molecule has 2 rings (SSSR count). The van der Waals surface area contributed by atoms with Crippen molar-refractivity contribution in [2.24, 2.45) is 0 Å². The minimum atomic E-state index is -0.700. The zero-order chi connectivity index (χ0) is 13.0. The maximum absolute atomic E-state index is 13.3. The SMILES string of the molecule is CCCc1ccc(Oc2cccnc2F)c(O)c1. The third-order valence-corrected chi connectivity index (χ3v) is 2.51. The molecule has 18 heavy (non-hydrogen) atoms. The van der Waals surface area contributed by atoms with Crippen LogP contribution in [0.2, 0.25) is 0 Å². The molecule has 0 atom stereocenters. The summed E-state index contributed by atoms with van der Waals surface area (Å²) in [6.07, 6.45) is 3.22. The van der Waals surface area contributed by atoms with Gasteiger partial charge in [0.1, 0.15) is 0 Å². The van der Waals surface area contributed by atoms with Gasteiger partial charge in [0.25, 0.3) is 5.95 Å². The Morgan fingerprint density at radius 2 is 2.11 bits per heavy atom. The van der Waals surface area contributed by atoms with Gasteiger partial charge < -0.3 is 9.84 Å². The number of hydrogen-bond donors (Lipinski definition) is 1. The largest absolute Gasteiger partial charge is 0.504 e. The minimum absolute atomic E-state index is 0.00367. The highest BCUT2D eigenvalue weighted by molar-refractivity contribution is 5.44. The van der Waals surface area contributed by atoms with Crippen LogP contribution in [0.1, 0.15) is 18.9 Å². The summed E-state index contributed by atoms with van der Waals surface area (Å²) in [4.78, 5) is 3.48. The lowest BCUT2D eigenvalue weighted by Gasteiger charge is -2.09. The van der Waals surface area contributed by atoms with Gasteiger partial charge in [-0.25, -0.2) is 4.98 Å². The van der Waals surface area contributed by atoms with Crippen LogP contribution in [0.3, 0.4) is 0 Å². The normalized spacial score (nSPS) is 10.3. The molecular weight excluding hydrogens is 233 g/mol. The van der Waals surface area contributed by atoms with Gasteiger partial charge in [-0.1, -0.05) is 19.4 Å². The summed E-state index contributed by atoms with van der Waals surface area (Å²) < 4.78 is 18.6. The molecule has 0 saturated carbocycles. The summed E-state index contributed by atoms with van der Waals surface area (Å²) in [5.41, 5.74) is 1.02. The van der Waals surface area contributed by atoms with Crippen molar-refractivity contribution < 1.29 is 14.2 Å². The Hall–Kier alpha value is -2.10. The molecule has 94 valence electrons. The van der Waals surface area contributed by atoms with E-state index in [1.54, 1.807) is 18.2 Å². The Bertz CT molecular complexity index is 543. The Kier molecular flexibility index (Phi) is 3.77. The van der Waals surface area contributed by atoms with Gasteiger partial charge in [0, 0.05) is 6.20 Å². The number of ether oxygens (including phenoxy) is 1. The van der Waals surface area contributed by atoms with E-state index in [1.165, 1.54) is 12.3 Å². The Morgan fingerprint density at radius 1 is 1.28 bits per heavy atom. The van der Waals surface area contributed by atoms with E-state index in [0.717, 1.165) is 18.4 Å². The van der Waals surface area contributed by atoms with Gasteiger partial charge >= 0.3 is 0 Å². The number of benzene rings is 1. The predicted octanol–water partition coefficient (Wildman–Crippen LogP) is 3.67. The zero-order valence-electron chi connectivity index (χ0n) is 10.1. The first-order chi connectivity index (χ1) is 8.70. The maximum atomic E-state index is 13.3. The predicted molar refractivity (Wildman–Crippen MR) is 66.4 cm³/mol. The fraction of sp³-hybridized carbons (Fsp3) is 0.214. The summed E-state index contributed by atoms with van der Waals surface area (Å²) >= 11 is 0. The van der Waals surface area contributed by atoms with E-state index in [2.05, 4.69) is 11.9 Å². The Balaban J connectivity index is 2.22. The molecule has 0 bridgehead atoms. The molecule has 0 amide bonds. The molecular formula is C14H14FNO2. The number of phenols is 1. The summed E-state index contributed by atoms with van der Waals surface area (Å²) in [5, 5.41) is 9.80. The summed E-state index contributed by atoms with van der Waals surface area (Å²) in [6.45, 7) is 2.06. The van der Waals surface area contributed by atoms with Gasteiger partial charge in [-0.05, 0) is 36.2 Å².